The standard InChI is InChI=1S/C12H8N6O/c13-17-15-9-3-1-8(2-4-9)12-6-5-10(16-18-14)7-11(12)19-12/h1-7,11H. The number of nitrogens with zero attached hydrogens (tertiary/aromatic N) is 6. The van der Waals surface area contributed by atoms with Crippen LogP contribution >= 0.6 is 0 Å². The molecule has 1 aliphatic carbocycles. The Hall–Kier alpha value is -2.72. The summed E-state index contributed by atoms with van der Waals surface area (Å²) in [6.07, 6.45) is 5.30. The molecule has 7 heteroatoms. The number of benzene rings is 1. The number of allylic oxidation sites excluding steroid dienone is 1. The van der Waals surface area contributed by atoms with Crippen molar-refractivity contribution in [2.45, 2.75) is 11.7 Å². The predicted octanol–water partition coefficient (Wildman–Crippen LogP) is 3.99. The molecule has 0 N–H and O–H groups in total. The first-order chi connectivity index (χ1) is 9.28. The van der Waals surface area contributed by atoms with Gasteiger partial charge in [-0.2, -0.15) is 0 Å². The van der Waals surface area contributed by atoms with Crippen LogP contribution in [-0.2, 0) is 10.3 Å². The van der Waals surface area contributed by atoms with Crippen LogP contribution in [0.15, 0.2) is 58.4 Å². The second kappa shape index (κ2) is 4.19. The zero-order valence-electron chi connectivity index (χ0n) is 9.71. The molecule has 1 heterocycles. The van der Waals surface area contributed by atoms with Crippen molar-refractivity contribution < 1.29 is 4.74 Å². The Bertz CT molecular complexity index is 679. The van der Waals surface area contributed by atoms with Crippen LogP contribution in [0.3, 0.4) is 0 Å². The third-order valence-electron chi connectivity index (χ3n) is 3.15. The fourth-order valence-corrected chi connectivity index (χ4v) is 2.17. The molecule has 7 nitrogen and oxygen atoms in total. The van der Waals surface area contributed by atoms with Crippen molar-refractivity contribution in [3.63, 3.8) is 0 Å². The van der Waals surface area contributed by atoms with Gasteiger partial charge in [0.05, 0.1) is 0 Å². The Morgan fingerprint density at radius 3 is 2.47 bits per heavy atom. The quantitative estimate of drug-likeness (QED) is 0.344. The summed E-state index contributed by atoms with van der Waals surface area (Å²) in [6.45, 7) is 0. The van der Waals surface area contributed by atoms with E-state index in [2.05, 4.69) is 20.1 Å². The van der Waals surface area contributed by atoms with E-state index in [1.54, 1.807) is 24.3 Å². The first-order valence-electron chi connectivity index (χ1n) is 5.58. The molecule has 92 valence electrons. The predicted molar refractivity (Wildman–Crippen MR) is 68.2 cm³/mol. The number of hydrogen-bond donors (Lipinski definition) is 0. The van der Waals surface area contributed by atoms with Gasteiger partial charge in [-0.05, 0) is 28.8 Å². The maximum absolute atomic E-state index is 8.38. The largest absolute Gasteiger partial charge is 0.352 e. The third kappa shape index (κ3) is 1.84. The fourth-order valence-electron chi connectivity index (χ4n) is 2.17. The van der Waals surface area contributed by atoms with Gasteiger partial charge in [-0.15, -0.1) is 0 Å². The zero-order chi connectivity index (χ0) is 13.3. The number of epoxide rings is 1. The Kier molecular flexibility index (Phi) is 2.51. The van der Waals surface area contributed by atoms with Crippen molar-refractivity contribution in [1.82, 2.24) is 0 Å². The maximum atomic E-state index is 8.38. The highest BCUT2D eigenvalue weighted by Crippen LogP contribution is 2.51. The molecular weight excluding hydrogens is 244 g/mol. The van der Waals surface area contributed by atoms with E-state index in [0.29, 0.717) is 11.4 Å². The van der Waals surface area contributed by atoms with Crippen LogP contribution in [0.25, 0.3) is 20.9 Å². The van der Waals surface area contributed by atoms with Gasteiger partial charge in [0, 0.05) is 21.2 Å². The van der Waals surface area contributed by atoms with Gasteiger partial charge in [0.2, 0.25) is 0 Å². The summed E-state index contributed by atoms with van der Waals surface area (Å²) in [5.41, 5.74) is 18.4. The number of rotatable bonds is 3. The van der Waals surface area contributed by atoms with Crippen LogP contribution < -0.4 is 0 Å². The first-order valence-corrected chi connectivity index (χ1v) is 5.58. The van der Waals surface area contributed by atoms with Crippen molar-refractivity contribution >= 4 is 5.69 Å². The molecule has 0 saturated carbocycles. The lowest BCUT2D eigenvalue weighted by molar-refractivity contribution is 0.346. The molecule has 1 saturated heterocycles. The lowest BCUT2D eigenvalue weighted by Crippen LogP contribution is -2.11. The summed E-state index contributed by atoms with van der Waals surface area (Å²) in [5.74, 6) is 0. The van der Waals surface area contributed by atoms with E-state index in [1.807, 2.05) is 18.2 Å². The van der Waals surface area contributed by atoms with E-state index in [9.17, 15) is 0 Å². The Morgan fingerprint density at radius 1 is 1.11 bits per heavy atom. The van der Waals surface area contributed by atoms with Crippen molar-refractivity contribution in [3.8, 4) is 0 Å². The monoisotopic (exact) mass is 252 g/mol. The van der Waals surface area contributed by atoms with Gasteiger partial charge in [0.25, 0.3) is 0 Å². The lowest BCUT2D eigenvalue weighted by atomic mass is 9.91. The first kappa shape index (κ1) is 11.4. The van der Waals surface area contributed by atoms with Crippen molar-refractivity contribution in [2.24, 2.45) is 10.2 Å². The normalized spacial score (nSPS) is 26.5. The minimum atomic E-state index is -0.469. The summed E-state index contributed by atoms with van der Waals surface area (Å²) < 4.78 is 5.68. The van der Waals surface area contributed by atoms with Crippen LogP contribution in [0, 0.1) is 0 Å². The number of fused-ring (bicyclic) bond motifs is 1. The molecule has 2 unspecified atom stereocenters. The van der Waals surface area contributed by atoms with E-state index in [4.69, 9.17) is 15.8 Å². The van der Waals surface area contributed by atoms with E-state index in [0.717, 1.165) is 5.56 Å². The summed E-state index contributed by atoms with van der Waals surface area (Å²) in [7, 11) is 0. The van der Waals surface area contributed by atoms with Gasteiger partial charge in [-0.3, -0.25) is 0 Å². The van der Waals surface area contributed by atoms with Gasteiger partial charge in [-0.1, -0.05) is 40.6 Å². The van der Waals surface area contributed by atoms with Gasteiger partial charge in [0.15, 0.2) is 0 Å². The van der Waals surface area contributed by atoms with E-state index >= 15 is 0 Å². The Balaban J connectivity index is 1.88. The summed E-state index contributed by atoms with van der Waals surface area (Å²) >= 11 is 0. The number of ether oxygens (including phenoxy) is 1. The molecule has 1 aromatic carbocycles. The van der Waals surface area contributed by atoms with Gasteiger partial charge in [-0.25, -0.2) is 0 Å². The maximum Gasteiger partial charge on any atom is 0.142 e. The van der Waals surface area contributed by atoms with Crippen molar-refractivity contribution in [1.29, 1.82) is 0 Å². The fraction of sp³-hybridized carbons (Fsp3) is 0.167. The molecule has 19 heavy (non-hydrogen) atoms. The van der Waals surface area contributed by atoms with Gasteiger partial charge < -0.3 is 4.74 Å². The number of hydrogen-bond acceptors (Lipinski definition) is 3. The minimum Gasteiger partial charge on any atom is -0.352 e. The minimum absolute atomic E-state index is 0.108. The number of azide groups is 2. The summed E-state index contributed by atoms with van der Waals surface area (Å²) in [5, 5.41) is 7.06. The van der Waals surface area contributed by atoms with Crippen LogP contribution in [-0.4, -0.2) is 6.10 Å². The molecule has 2 aliphatic rings. The van der Waals surface area contributed by atoms with Gasteiger partial charge >= 0.3 is 0 Å². The van der Waals surface area contributed by atoms with Crippen LogP contribution in [0.1, 0.15) is 5.56 Å². The van der Waals surface area contributed by atoms with Crippen LogP contribution in [0.4, 0.5) is 5.69 Å². The molecule has 0 spiro atoms. The van der Waals surface area contributed by atoms with E-state index < -0.39 is 5.60 Å². The SMILES string of the molecule is [N-]=[N+]=NC1=CC2OC2(c2ccc(N=[N+]=[N-])cc2)C=C1. The Morgan fingerprint density at radius 2 is 1.84 bits per heavy atom. The highest BCUT2D eigenvalue weighted by atomic mass is 16.6. The average molecular weight is 252 g/mol. The molecule has 1 fully saturated rings. The van der Waals surface area contributed by atoms with Crippen molar-refractivity contribution in [3.05, 3.63) is 74.6 Å². The molecule has 2 atom stereocenters. The second-order valence-corrected chi connectivity index (χ2v) is 4.18. The molecular formula is C12H8N6O. The molecule has 0 radical (unpaired) electrons. The third-order valence-corrected chi connectivity index (χ3v) is 3.15. The summed E-state index contributed by atoms with van der Waals surface area (Å²) in [4.78, 5) is 5.47. The topological polar surface area (TPSA) is 110 Å². The van der Waals surface area contributed by atoms with E-state index in [-0.39, 0.29) is 6.10 Å². The lowest BCUT2D eigenvalue weighted by Gasteiger charge is -2.11. The van der Waals surface area contributed by atoms with Crippen LogP contribution in [0.2, 0.25) is 0 Å². The molecule has 3 rings (SSSR count). The van der Waals surface area contributed by atoms with Gasteiger partial charge in [0.1, 0.15) is 11.7 Å². The second-order valence-electron chi connectivity index (χ2n) is 4.18. The molecule has 0 bridgehead atoms. The smallest absolute Gasteiger partial charge is 0.142 e. The average Bonchev–Trinajstić information content (AvgIpc) is 3.15. The van der Waals surface area contributed by atoms with E-state index in [1.165, 1.54) is 0 Å². The highest BCUT2D eigenvalue weighted by Gasteiger charge is 2.55. The Labute approximate surface area is 108 Å². The molecule has 1 aromatic rings. The van der Waals surface area contributed by atoms with Crippen molar-refractivity contribution in [2.75, 3.05) is 0 Å². The molecule has 0 aromatic heterocycles. The molecule has 0 amide bonds. The molecule has 1 aliphatic heterocycles. The summed E-state index contributed by atoms with van der Waals surface area (Å²) in [6, 6.07) is 7.20. The zero-order valence-corrected chi connectivity index (χ0v) is 9.71. The van der Waals surface area contributed by atoms with Crippen LogP contribution in [0.5, 0.6) is 0 Å². The highest BCUT2D eigenvalue weighted by molar-refractivity contribution is 5.48.